The molecule has 0 bridgehead atoms. The van der Waals surface area contributed by atoms with E-state index in [1.807, 2.05) is 76.2 Å². The Labute approximate surface area is 144 Å². The van der Waals surface area contributed by atoms with Gasteiger partial charge in [0, 0.05) is 16.5 Å². The molecule has 0 spiro atoms. The van der Waals surface area contributed by atoms with Crippen LogP contribution >= 0.6 is 0 Å². The van der Waals surface area contributed by atoms with Gasteiger partial charge in [-0.1, -0.05) is 46.0 Å². The molecule has 0 aliphatic carbocycles. The summed E-state index contributed by atoms with van der Waals surface area (Å²) in [5, 5.41) is 5.18. The van der Waals surface area contributed by atoms with Crippen LogP contribution in [0.3, 0.4) is 0 Å². The molecule has 124 valence electrons. The molecule has 0 saturated carbocycles. The molecule has 1 atom stereocenters. The molecular weight excluding hydrogens is 320 g/mol. The van der Waals surface area contributed by atoms with Gasteiger partial charge in [0.2, 0.25) is 0 Å². The van der Waals surface area contributed by atoms with E-state index >= 15 is 0 Å². The van der Waals surface area contributed by atoms with E-state index in [9.17, 15) is 4.55 Å². The second-order valence-corrected chi connectivity index (χ2v) is 8.52. The monoisotopic (exact) mass is 340 g/mol. The van der Waals surface area contributed by atoms with E-state index in [1.54, 1.807) is 0 Å². The number of hydrogen-bond acceptors (Lipinski definition) is 4. The van der Waals surface area contributed by atoms with Crippen molar-refractivity contribution in [3.8, 4) is 11.3 Å². The SMILES string of the molecule is C/C(=N\[S@@+]([O-])C(C)(C)C)c1ccccc1-c1noc2ccccc12. The molecule has 24 heavy (non-hydrogen) atoms. The molecule has 0 amide bonds. The molecule has 2 aromatic carbocycles. The van der Waals surface area contributed by atoms with Crippen LogP contribution in [0.1, 0.15) is 33.3 Å². The quantitative estimate of drug-likeness (QED) is 0.510. The lowest BCUT2D eigenvalue weighted by Crippen LogP contribution is -2.26. The standard InChI is InChI=1S/C19H20N2O2S/c1-13(21-24(22)19(2,3)4)14-9-5-6-10-15(14)18-16-11-7-8-12-17(16)23-20-18/h5-12H,1-4H3/b21-13+/t24-/m0/s1. The minimum absolute atomic E-state index is 0.392. The van der Waals surface area contributed by atoms with Crippen LogP contribution in [0.15, 0.2) is 57.5 Å². The molecule has 0 aliphatic rings. The molecular formula is C19H20N2O2S. The summed E-state index contributed by atoms with van der Waals surface area (Å²) in [6, 6.07) is 15.6. The van der Waals surface area contributed by atoms with Crippen LogP contribution in [-0.2, 0) is 11.4 Å². The van der Waals surface area contributed by atoms with Crippen molar-refractivity contribution in [2.24, 2.45) is 4.40 Å². The van der Waals surface area contributed by atoms with Gasteiger partial charge in [-0.15, -0.1) is 0 Å². The Bertz CT molecular complexity index is 894. The summed E-state index contributed by atoms with van der Waals surface area (Å²) in [6.07, 6.45) is 0. The molecule has 5 heteroatoms. The number of benzene rings is 2. The first kappa shape index (κ1) is 16.7. The highest BCUT2D eigenvalue weighted by atomic mass is 32.2. The molecule has 3 aromatic rings. The van der Waals surface area contributed by atoms with Crippen molar-refractivity contribution < 1.29 is 9.08 Å². The number of fused-ring (bicyclic) bond motifs is 1. The van der Waals surface area contributed by atoms with Crippen molar-refractivity contribution in [2.45, 2.75) is 32.4 Å². The maximum atomic E-state index is 12.3. The summed E-state index contributed by atoms with van der Waals surface area (Å²) in [5.74, 6) is 0. The highest BCUT2D eigenvalue weighted by Gasteiger charge is 2.27. The number of aromatic nitrogens is 1. The molecule has 0 fully saturated rings. The van der Waals surface area contributed by atoms with Crippen LogP contribution < -0.4 is 0 Å². The van der Waals surface area contributed by atoms with Gasteiger partial charge >= 0.3 is 0 Å². The van der Waals surface area contributed by atoms with Gasteiger partial charge in [0.1, 0.15) is 21.8 Å². The van der Waals surface area contributed by atoms with Crippen LogP contribution in [0, 0.1) is 0 Å². The second-order valence-electron chi connectivity index (χ2n) is 6.61. The van der Waals surface area contributed by atoms with Gasteiger partial charge in [-0.25, -0.2) is 0 Å². The number of rotatable bonds is 3. The first-order valence-corrected chi connectivity index (χ1v) is 8.90. The van der Waals surface area contributed by atoms with E-state index in [4.69, 9.17) is 4.52 Å². The fourth-order valence-electron chi connectivity index (χ4n) is 2.40. The Kier molecular flexibility index (Phi) is 4.47. The summed E-state index contributed by atoms with van der Waals surface area (Å²) in [4.78, 5) is 0. The number of hydrogen-bond donors (Lipinski definition) is 0. The van der Waals surface area contributed by atoms with Crippen molar-refractivity contribution in [1.82, 2.24) is 5.16 Å². The fraction of sp³-hybridized carbons (Fsp3) is 0.263. The first-order valence-electron chi connectivity index (χ1n) is 7.79. The average Bonchev–Trinajstić information content (AvgIpc) is 2.97. The smallest absolute Gasteiger partial charge is 0.167 e. The summed E-state index contributed by atoms with van der Waals surface area (Å²) >= 11 is -1.31. The molecule has 1 heterocycles. The van der Waals surface area contributed by atoms with Gasteiger partial charge in [-0.2, -0.15) is 0 Å². The fourth-order valence-corrected chi connectivity index (χ4v) is 3.02. The summed E-state index contributed by atoms with van der Waals surface area (Å²) < 4.78 is 21.8. The number of nitrogens with zero attached hydrogens (tertiary/aromatic N) is 2. The van der Waals surface area contributed by atoms with Crippen LogP contribution in [0.4, 0.5) is 0 Å². The van der Waals surface area contributed by atoms with Crippen LogP contribution in [-0.4, -0.2) is 20.2 Å². The van der Waals surface area contributed by atoms with E-state index < -0.39 is 16.1 Å². The largest absolute Gasteiger partial charge is 0.591 e. The lowest BCUT2D eigenvalue weighted by atomic mass is 9.99. The van der Waals surface area contributed by atoms with Crippen LogP contribution in [0.5, 0.6) is 0 Å². The minimum Gasteiger partial charge on any atom is -0.591 e. The maximum absolute atomic E-state index is 12.3. The molecule has 0 saturated heterocycles. The Morgan fingerprint density at radius 3 is 2.50 bits per heavy atom. The van der Waals surface area contributed by atoms with Crippen molar-refractivity contribution in [3.63, 3.8) is 0 Å². The van der Waals surface area contributed by atoms with E-state index in [1.165, 1.54) is 0 Å². The Balaban J connectivity index is 2.11. The van der Waals surface area contributed by atoms with Gasteiger partial charge in [-0.05, 0) is 39.8 Å². The molecule has 0 aliphatic heterocycles. The number of para-hydroxylation sites is 1. The average molecular weight is 340 g/mol. The van der Waals surface area contributed by atoms with Crippen LogP contribution in [0.25, 0.3) is 22.2 Å². The Morgan fingerprint density at radius 1 is 1.08 bits per heavy atom. The summed E-state index contributed by atoms with van der Waals surface area (Å²) in [7, 11) is 0. The van der Waals surface area contributed by atoms with Gasteiger partial charge in [0.15, 0.2) is 5.58 Å². The Morgan fingerprint density at radius 2 is 1.75 bits per heavy atom. The minimum atomic E-state index is -1.31. The third kappa shape index (κ3) is 3.23. The predicted molar refractivity (Wildman–Crippen MR) is 99.6 cm³/mol. The van der Waals surface area contributed by atoms with Gasteiger partial charge in [0.05, 0.1) is 5.71 Å². The summed E-state index contributed by atoms with van der Waals surface area (Å²) in [5.41, 5.74) is 4.09. The normalized spacial score (nSPS) is 14.1. The highest BCUT2D eigenvalue weighted by molar-refractivity contribution is 7.91. The lowest BCUT2D eigenvalue weighted by molar-refractivity contribution is 0.459. The van der Waals surface area contributed by atoms with Crippen molar-refractivity contribution in [2.75, 3.05) is 0 Å². The van der Waals surface area contributed by atoms with E-state index in [0.29, 0.717) is 0 Å². The van der Waals surface area contributed by atoms with Gasteiger partial charge < -0.3 is 9.08 Å². The van der Waals surface area contributed by atoms with E-state index in [2.05, 4.69) is 9.55 Å². The molecule has 3 rings (SSSR count). The molecule has 0 radical (unpaired) electrons. The molecule has 4 nitrogen and oxygen atoms in total. The zero-order valence-corrected chi connectivity index (χ0v) is 15.1. The first-order chi connectivity index (χ1) is 11.4. The second kappa shape index (κ2) is 6.42. The topological polar surface area (TPSA) is 61.5 Å². The van der Waals surface area contributed by atoms with Gasteiger partial charge in [-0.3, -0.25) is 0 Å². The van der Waals surface area contributed by atoms with Gasteiger partial charge in [0.25, 0.3) is 0 Å². The maximum Gasteiger partial charge on any atom is 0.167 e. The predicted octanol–water partition coefficient (Wildman–Crippen LogP) is 4.77. The van der Waals surface area contributed by atoms with Crippen LogP contribution in [0.2, 0.25) is 0 Å². The Hall–Kier alpha value is -2.11. The lowest BCUT2D eigenvalue weighted by Gasteiger charge is -2.19. The molecule has 0 unspecified atom stereocenters. The third-order valence-electron chi connectivity index (χ3n) is 3.69. The van der Waals surface area contributed by atoms with Crippen molar-refractivity contribution in [3.05, 3.63) is 54.1 Å². The van der Waals surface area contributed by atoms with Crippen molar-refractivity contribution >= 4 is 28.0 Å². The molecule has 0 N–H and O–H groups in total. The van der Waals surface area contributed by atoms with Crippen molar-refractivity contribution in [1.29, 1.82) is 0 Å². The molecule has 1 aromatic heterocycles. The zero-order chi connectivity index (χ0) is 17.3. The zero-order valence-electron chi connectivity index (χ0n) is 14.2. The highest BCUT2D eigenvalue weighted by Crippen LogP contribution is 2.31. The van der Waals surface area contributed by atoms with E-state index in [-0.39, 0.29) is 0 Å². The van der Waals surface area contributed by atoms with E-state index in [0.717, 1.165) is 33.5 Å². The third-order valence-corrected chi connectivity index (χ3v) is 5.18. The summed E-state index contributed by atoms with van der Waals surface area (Å²) in [6.45, 7) is 7.62.